The van der Waals surface area contributed by atoms with Crippen LogP contribution in [-0.2, 0) is 9.59 Å². The molecule has 0 radical (unpaired) electrons. The van der Waals surface area contributed by atoms with E-state index in [0.29, 0.717) is 12.6 Å². The molecule has 1 saturated heterocycles. The van der Waals surface area contributed by atoms with Crippen LogP contribution in [0.25, 0.3) is 0 Å². The predicted molar refractivity (Wildman–Crippen MR) is 115 cm³/mol. The van der Waals surface area contributed by atoms with Crippen LogP contribution in [0.4, 0.5) is 0 Å². The van der Waals surface area contributed by atoms with Gasteiger partial charge in [-0.15, -0.1) is 0 Å². The molecular formula is C19H26Cl2N2O9. The van der Waals surface area contributed by atoms with Gasteiger partial charge in [-0.3, -0.25) is 9.69 Å². The van der Waals surface area contributed by atoms with E-state index in [0.717, 1.165) is 25.9 Å². The molecule has 6 N–H and O–H groups in total. The van der Waals surface area contributed by atoms with Gasteiger partial charge in [0.05, 0.1) is 17.2 Å². The molecule has 1 heterocycles. The fraction of sp³-hybridized carbons (Fsp3) is 0.526. The van der Waals surface area contributed by atoms with E-state index >= 15 is 0 Å². The molecule has 13 heteroatoms. The van der Waals surface area contributed by atoms with Crippen molar-refractivity contribution in [1.82, 2.24) is 10.2 Å². The number of hydrogen-bond donors (Lipinski definition) is 6. The number of likely N-dealkylation sites (N-methyl/N-ethyl adjacent to an activating group) is 1. The zero-order valence-electron chi connectivity index (χ0n) is 17.4. The average molecular weight is 497 g/mol. The highest BCUT2D eigenvalue weighted by Crippen LogP contribution is 2.40. The molecule has 1 aromatic carbocycles. The van der Waals surface area contributed by atoms with Gasteiger partial charge < -0.3 is 35.6 Å². The maximum absolute atomic E-state index is 12.4. The number of phenolic OH excluding ortho intramolecular Hbond substituents is 1. The number of nitrogens with zero attached hydrogens (tertiary/aromatic N) is 1. The number of amides is 1. The van der Waals surface area contributed by atoms with Crippen molar-refractivity contribution in [2.75, 3.05) is 26.7 Å². The summed E-state index contributed by atoms with van der Waals surface area (Å²) in [6.07, 6.45) is -2.35. The second-order valence-corrected chi connectivity index (χ2v) is 7.61. The Balaban J connectivity index is 0.000000433. The zero-order chi connectivity index (χ0) is 24.6. The van der Waals surface area contributed by atoms with Gasteiger partial charge in [-0.2, -0.15) is 0 Å². The highest BCUT2D eigenvalue weighted by atomic mass is 35.5. The van der Waals surface area contributed by atoms with Gasteiger partial charge in [-0.25, -0.2) is 9.59 Å². The lowest BCUT2D eigenvalue weighted by molar-refractivity contribution is -0.165. The molecule has 1 amide bonds. The summed E-state index contributed by atoms with van der Waals surface area (Å²) in [5.74, 6) is -4.18. The van der Waals surface area contributed by atoms with E-state index < -0.39 is 30.1 Å². The van der Waals surface area contributed by atoms with E-state index in [4.69, 9.17) is 48.4 Å². The largest absolute Gasteiger partial charge is 0.505 e. The zero-order valence-corrected chi connectivity index (χ0v) is 18.9. The van der Waals surface area contributed by atoms with Crippen LogP contribution in [0.3, 0.4) is 0 Å². The Morgan fingerprint density at radius 1 is 1.19 bits per heavy atom. The number of carboxylic acid groups (broad SMARTS) is 2. The quantitative estimate of drug-likeness (QED) is 0.301. The van der Waals surface area contributed by atoms with E-state index in [2.05, 4.69) is 17.1 Å². The number of aliphatic hydroxyl groups is 2. The smallest absolute Gasteiger partial charge is 0.335 e. The topological polar surface area (TPSA) is 177 Å². The maximum atomic E-state index is 12.4. The minimum Gasteiger partial charge on any atom is -0.505 e. The van der Waals surface area contributed by atoms with Crippen LogP contribution in [0.5, 0.6) is 11.5 Å². The molecule has 1 aliphatic heterocycles. The molecule has 0 unspecified atom stereocenters. The molecule has 0 bridgehead atoms. The Labute approximate surface area is 194 Å². The van der Waals surface area contributed by atoms with Gasteiger partial charge in [0.1, 0.15) is 5.56 Å². The molecule has 0 spiro atoms. The number of nitrogens with one attached hydrogen (secondary N) is 1. The van der Waals surface area contributed by atoms with Crippen molar-refractivity contribution in [2.45, 2.75) is 38.0 Å². The molecule has 0 saturated carbocycles. The van der Waals surface area contributed by atoms with Crippen molar-refractivity contribution in [2.24, 2.45) is 0 Å². The lowest BCUT2D eigenvalue weighted by Gasteiger charge is -2.23. The number of aliphatic carboxylic acids is 2. The van der Waals surface area contributed by atoms with Crippen LogP contribution in [0, 0.1) is 0 Å². The SMILES string of the molecule is CCN1CCC[C@@H]1CNC(=O)c1c(O)c(Cl)cc(Cl)c1OC.O=C(O)[C@@H](O)[C@@H](O)C(=O)O. The number of carboxylic acids is 2. The average Bonchev–Trinajstić information content (AvgIpc) is 3.21. The number of rotatable bonds is 8. The number of hydrogen-bond acceptors (Lipinski definition) is 8. The summed E-state index contributed by atoms with van der Waals surface area (Å²) in [6, 6.07) is 1.67. The maximum Gasteiger partial charge on any atom is 0.335 e. The van der Waals surface area contributed by atoms with Crippen molar-refractivity contribution in [3.63, 3.8) is 0 Å². The van der Waals surface area contributed by atoms with Gasteiger partial charge in [-0.1, -0.05) is 30.1 Å². The van der Waals surface area contributed by atoms with Crippen LogP contribution < -0.4 is 10.1 Å². The fourth-order valence-corrected chi connectivity index (χ4v) is 3.65. The van der Waals surface area contributed by atoms with Crippen molar-refractivity contribution in [1.29, 1.82) is 0 Å². The van der Waals surface area contributed by atoms with Gasteiger partial charge in [0.2, 0.25) is 0 Å². The molecule has 3 atom stereocenters. The molecule has 1 fully saturated rings. The van der Waals surface area contributed by atoms with Gasteiger partial charge in [0.15, 0.2) is 23.7 Å². The van der Waals surface area contributed by atoms with E-state index in [9.17, 15) is 19.5 Å². The van der Waals surface area contributed by atoms with Crippen molar-refractivity contribution in [3.05, 3.63) is 21.7 Å². The molecule has 0 aliphatic carbocycles. The molecule has 1 aliphatic rings. The lowest BCUT2D eigenvalue weighted by Crippen LogP contribution is -2.40. The second-order valence-electron chi connectivity index (χ2n) is 6.80. The van der Waals surface area contributed by atoms with Crippen LogP contribution >= 0.6 is 23.2 Å². The Hall–Kier alpha value is -2.31. The van der Waals surface area contributed by atoms with E-state index in [1.807, 2.05) is 0 Å². The highest BCUT2D eigenvalue weighted by molar-refractivity contribution is 6.37. The Morgan fingerprint density at radius 3 is 2.22 bits per heavy atom. The number of likely N-dealkylation sites (tertiary alicyclic amines) is 1. The van der Waals surface area contributed by atoms with Gasteiger partial charge in [0.25, 0.3) is 5.91 Å². The highest BCUT2D eigenvalue weighted by Gasteiger charge is 2.29. The van der Waals surface area contributed by atoms with Gasteiger partial charge in [0, 0.05) is 12.6 Å². The van der Waals surface area contributed by atoms with Crippen LogP contribution in [0.15, 0.2) is 6.07 Å². The van der Waals surface area contributed by atoms with Gasteiger partial charge in [-0.05, 0) is 32.0 Å². The first-order valence-electron chi connectivity index (χ1n) is 9.55. The van der Waals surface area contributed by atoms with E-state index in [1.165, 1.54) is 13.2 Å². The number of phenols is 1. The number of carbonyl (C=O) groups excluding carboxylic acids is 1. The van der Waals surface area contributed by atoms with Gasteiger partial charge >= 0.3 is 11.9 Å². The minimum absolute atomic E-state index is 0.0204. The summed E-state index contributed by atoms with van der Waals surface area (Å²) in [6.45, 7) is 4.62. The molecule has 0 aromatic heterocycles. The summed E-state index contributed by atoms with van der Waals surface area (Å²) in [5.41, 5.74) is -0.0268. The number of ether oxygens (including phenoxy) is 1. The summed E-state index contributed by atoms with van der Waals surface area (Å²) >= 11 is 11.9. The van der Waals surface area contributed by atoms with E-state index in [-0.39, 0.29) is 27.1 Å². The third-order valence-corrected chi connectivity index (χ3v) is 5.37. The molecular weight excluding hydrogens is 471 g/mol. The fourth-order valence-electron chi connectivity index (χ4n) is 3.11. The standard InChI is InChI=1S/C15H20Cl2N2O3.C4H6O6/c1-3-19-6-4-5-9(19)8-18-15(21)12-13(20)10(16)7-11(17)14(12)22-2;5-1(3(7)8)2(6)4(9)10/h7,9,20H,3-6,8H2,1-2H3,(H,18,21);1-2,5-6H,(H,7,8)(H,9,10)/t9-;1-,2+/m1./s1. The number of aliphatic hydroxyl groups excluding tert-OH is 2. The second kappa shape index (κ2) is 12.7. The summed E-state index contributed by atoms with van der Waals surface area (Å²) in [5, 5.41) is 45.6. The number of carbonyl (C=O) groups is 3. The predicted octanol–water partition coefficient (Wildman–Crippen LogP) is 0.799. The third kappa shape index (κ3) is 7.10. The van der Waals surface area contributed by atoms with Crippen molar-refractivity contribution < 1.29 is 44.7 Å². The van der Waals surface area contributed by atoms with Crippen LogP contribution in [0.1, 0.15) is 30.1 Å². The number of benzene rings is 1. The monoisotopic (exact) mass is 496 g/mol. The Kier molecular flexibility index (Phi) is 11.0. The Morgan fingerprint density at radius 2 is 1.75 bits per heavy atom. The van der Waals surface area contributed by atoms with E-state index in [1.54, 1.807) is 0 Å². The minimum atomic E-state index is -2.27. The lowest BCUT2D eigenvalue weighted by atomic mass is 10.1. The first-order chi connectivity index (χ1) is 15.0. The molecule has 180 valence electrons. The molecule has 32 heavy (non-hydrogen) atoms. The van der Waals surface area contributed by atoms with Crippen molar-refractivity contribution in [3.8, 4) is 11.5 Å². The first-order valence-corrected chi connectivity index (χ1v) is 10.3. The molecule has 1 aromatic rings. The molecule has 11 nitrogen and oxygen atoms in total. The number of halogens is 2. The summed E-state index contributed by atoms with van der Waals surface area (Å²) in [7, 11) is 1.39. The third-order valence-electron chi connectivity index (χ3n) is 4.80. The Bertz CT molecular complexity index is 820. The summed E-state index contributed by atoms with van der Waals surface area (Å²) < 4.78 is 5.13. The van der Waals surface area contributed by atoms with Crippen molar-refractivity contribution >= 4 is 41.0 Å². The van der Waals surface area contributed by atoms with Crippen LogP contribution in [0.2, 0.25) is 10.0 Å². The first kappa shape index (κ1) is 27.7. The van der Waals surface area contributed by atoms with Crippen LogP contribution in [-0.4, -0.2) is 93.3 Å². The normalized spacial score (nSPS) is 17.6. The number of methoxy groups -OCH3 is 1. The summed E-state index contributed by atoms with van der Waals surface area (Å²) in [4.78, 5) is 34.3. The molecule has 2 rings (SSSR count). The number of aromatic hydroxyl groups is 1.